The Labute approximate surface area is 150 Å². The Hall–Kier alpha value is -3.22. The van der Waals surface area contributed by atoms with Gasteiger partial charge in [-0.2, -0.15) is 0 Å². The quantitative estimate of drug-likeness (QED) is 0.798. The molecule has 2 aromatic rings. The van der Waals surface area contributed by atoms with Gasteiger partial charge in [-0.3, -0.25) is 4.79 Å². The largest absolute Gasteiger partial charge is 0.507 e. The second kappa shape index (κ2) is 7.35. The Morgan fingerprint density at radius 3 is 2.81 bits per heavy atom. The minimum Gasteiger partial charge on any atom is -0.507 e. The average molecular weight is 357 g/mol. The lowest BCUT2D eigenvalue weighted by Gasteiger charge is -2.14. The number of rotatable bonds is 5. The molecule has 1 amide bonds. The van der Waals surface area contributed by atoms with E-state index in [0.29, 0.717) is 17.1 Å². The van der Waals surface area contributed by atoms with E-state index in [9.17, 15) is 14.7 Å². The molecule has 26 heavy (non-hydrogen) atoms. The molecule has 0 radical (unpaired) electrons. The number of nitrogens with one attached hydrogen (secondary N) is 1. The molecule has 0 fully saturated rings. The summed E-state index contributed by atoms with van der Waals surface area (Å²) in [6.45, 7) is 3.59. The number of para-hydroxylation sites is 1. The lowest BCUT2D eigenvalue weighted by molar-refractivity contribution is -0.129. The first-order valence-corrected chi connectivity index (χ1v) is 8.11. The van der Waals surface area contributed by atoms with E-state index in [1.165, 1.54) is 13.0 Å². The van der Waals surface area contributed by atoms with Crippen LogP contribution in [0.25, 0.3) is 0 Å². The monoisotopic (exact) mass is 357 g/mol. The van der Waals surface area contributed by atoms with E-state index >= 15 is 0 Å². The number of aromatic hydroxyl groups is 1. The number of aryl methyl sites for hydroxylation is 1. The molecule has 1 aliphatic rings. The number of fused-ring (bicyclic) bond motifs is 1. The molecule has 1 aliphatic heterocycles. The normalized spacial score (nSPS) is 13.2. The van der Waals surface area contributed by atoms with Gasteiger partial charge in [0.1, 0.15) is 11.3 Å². The molecule has 0 spiro atoms. The zero-order chi connectivity index (χ0) is 18.7. The summed E-state index contributed by atoms with van der Waals surface area (Å²) in [5.74, 6) is -0.0444. The summed E-state index contributed by atoms with van der Waals surface area (Å²) in [5.41, 5.74) is 1.41. The first-order valence-electron chi connectivity index (χ1n) is 8.11. The molecule has 7 heteroatoms. The van der Waals surface area contributed by atoms with Crippen molar-refractivity contribution in [2.75, 3.05) is 6.79 Å². The maximum atomic E-state index is 12.2. The third-order valence-corrected chi connectivity index (χ3v) is 4.01. The van der Waals surface area contributed by atoms with Crippen LogP contribution in [0.1, 0.15) is 28.4 Å². The van der Waals surface area contributed by atoms with Gasteiger partial charge in [0.25, 0.3) is 5.91 Å². The summed E-state index contributed by atoms with van der Waals surface area (Å²) in [5, 5.41) is 12.6. The van der Waals surface area contributed by atoms with Gasteiger partial charge in [-0.05, 0) is 43.2 Å². The van der Waals surface area contributed by atoms with Crippen LogP contribution in [-0.4, -0.2) is 29.9 Å². The van der Waals surface area contributed by atoms with Gasteiger partial charge in [0.05, 0.1) is 0 Å². The van der Waals surface area contributed by atoms with Crippen LogP contribution in [0, 0.1) is 6.92 Å². The van der Waals surface area contributed by atoms with Crippen LogP contribution in [0.4, 0.5) is 0 Å². The molecular weight excluding hydrogens is 338 g/mol. The molecule has 2 aromatic carbocycles. The number of hydrogen-bond donors (Lipinski definition) is 2. The number of carbonyl (C=O) groups is 2. The fourth-order valence-corrected chi connectivity index (χ4v) is 2.49. The van der Waals surface area contributed by atoms with Gasteiger partial charge in [0, 0.05) is 6.54 Å². The average Bonchev–Trinajstić information content (AvgIpc) is 3.09. The molecule has 2 N–H and O–H groups in total. The highest BCUT2D eigenvalue weighted by Crippen LogP contribution is 2.32. The lowest BCUT2D eigenvalue weighted by Crippen LogP contribution is -2.35. The lowest BCUT2D eigenvalue weighted by atomic mass is 10.1. The number of phenols is 1. The second-order valence-electron chi connectivity index (χ2n) is 5.92. The zero-order valence-corrected chi connectivity index (χ0v) is 14.4. The maximum Gasteiger partial charge on any atom is 0.342 e. The Morgan fingerprint density at radius 1 is 1.23 bits per heavy atom. The fourth-order valence-electron chi connectivity index (χ4n) is 2.49. The SMILES string of the molecule is Cc1cccc(C(=O)OC(C)C(=O)NCc2ccc3c(c2)OCO3)c1O. The second-order valence-corrected chi connectivity index (χ2v) is 5.92. The van der Waals surface area contributed by atoms with Gasteiger partial charge >= 0.3 is 5.97 Å². The molecule has 0 aliphatic carbocycles. The summed E-state index contributed by atoms with van der Waals surface area (Å²) in [4.78, 5) is 24.3. The van der Waals surface area contributed by atoms with E-state index < -0.39 is 18.0 Å². The van der Waals surface area contributed by atoms with Gasteiger partial charge in [0.15, 0.2) is 17.6 Å². The molecule has 0 aromatic heterocycles. The Morgan fingerprint density at radius 2 is 2.00 bits per heavy atom. The first kappa shape index (κ1) is 17.6. The molecule has 7 nitrogen and oxygen atoms in total. The number of amides is 1. The standard InChI is InChI=1S/C19H19NO6/c1-11-4-3-5-14(17(11)21)19(23)26-12(2)18(22)20-9-13-6-7-15-16(8-13)25-10-24-15/h3-8,12,21H,9-10H2,1-2H3,(H,20,22). The topological polar surface area (TPSA) is 94.1 Å². The molecule has 136 valence electrons. The third-order valence-electron chi connectivity index (χ3n) is 4.01. The molecule has 3 rings (SSSR count). The summed E-state index contributed by atoms with van der Waals surface area (Å²) in [6, 6.07) is 10.1. The van der Waals surface area contributed by atoms with Crippen molar-refractivity contribution in [2.45, 2.75) is 26.5 Å². The van der Waals surface area contributed by atoms with Crippen molar-refractivity contribution in [1.29, 1.82) is 0 Å². The van der Waals surface area contributed by atoms with E-state index in [-0.39, 0.29) is 24.7 Å². The summed E-state index contributed by atoms with van der Waals surface area (Å²) in [6.07, 6.45) is -1.00. The van der Waals surface area contributed by atoms with Crippen molar-refractivity contribution < 1.29 is 28.9 Å². The first-order chi connectivity index (χ1) is 12.5. The van der Waals surface area contributed by atoms with Crippen LogP contribution < -0.4 is 14.8 Å². The predicted molar refractivity (Wildman–Crippen MR) is 92.1 cm³/mol. The van der Waals surface area contributed by atoms with E-state index in [2.05, 4.69) is 5.32 Å². The highest BCUT2D eigenvalue weighted by molar-refractivity contribution is 5.94. The highest BCUT2D eigenvalue weighted by atomic mass is 16.7. The summed E-state index contributed by atoms with van der Waals surface area (Å²) < 4.78 is 15.7. The van der Waals surface area contributed by atoms with Crippen LogP contribution in [0.5, 0.6) is 17.2 Å². The number of hydrogen-bond acceptors (Lipinski definition) is 6. The number of phenolic OH excluding ortho intramolecular Hbond substituents is 1. The zero-order valence-electron chi connectivity index (χ0n) is 14.4. The van der Waals surface area contributed by atoms with E-state index in [0.717, 1.165) is 5.56 Å². The van der Waals surface area contributed by atoms with E-state index in [1.807, 2.05) is 6.07 Å². The van der Waals surface area contributed by atoms with Gasteiger partial charge in [-0.25, -0.2) is 4.79 Å². The molecule has 1 heterocycles. The van der Waals surface area contributed by atoms with Crippen molar-refractivity contribution in [3.63, 3.8) is 0 Å². The van der Waals surface area contributed by atoms with Crippen molar-refractivity contribution in [1.82, 2.24) is 5.32 Å². The van der Waals surface area contributed by atoms with Gasteiger partial charge in [-0.1, -0.05) is 18.2 Å². The molecule has 0 saturated carbocycles. The van der Waals surface area contributed by atoms with Crippen molar-refractivity contribution in [3.8, 4) is 17.2 Å². The molecular formula is C19H19NO6. The van der Waals surface area contributed by atoms with E-state index in [4.69, 9.17) is 14.2 Å². The summed E-state index contributed by atoms with van der Waals surface area (Å²) in [7, 11) is 0. The van der Waals surface area contributed by atoms with Crippen LogP contribution in [-0.2, 0) is 16.1 Å². The predicted octanol–water partition coefficient (Wildman–Crippen LogP) is 2.29. The van der Waals surface area contributed by atoms with Crippen LogP contribution in [0.2, 0.25) is 0 Å². The number of benzene rings is 2. The number of carbonyl (C=O) groups excluding carboxylic acids is 2. The third kappa shape index (κ3) is 3.72. The minimum absolute atomic E-state index is 0.0282. The van der Waals surface area contributed by atoms with Crippen molar-refractivity contribution in [3.05, 3.63) is 53.1 Å². The van der Waals surface area contributed by atoms with Crippen LogP contribution in [0.15, 0.2) is 36.4 Å². The van der Waals surface area contributed by atoms with Gasteiger partial charge < -0.3 is 24.6 Å². The van der Waals surface area contributed by atoms with Crippen LogP contribution in [0.3, 0.4) is 0 Å². The fraction of sp³-hybridized carbons (Fsp3) is 0.263. The minimum atomic E-state index is -1.00. The molecule has 1 unspecified atom stereocenters. The molecule has 1 atom stereocenters. The van der Waals surface area contributed by atoms with Crippen LogP contribution >= 0.6 is 0 Å². The van der Waals surface area contributed by atoms with Gasteiger partial charge in [0.2, 0.25) is 6.79 Å². The molecule has 0 saturated heterocycles. The maximum absolute atomic E-state index is 12.2. The Kier molecular flexibility index (Phi) is 4.97. The Balaban J connectivity index is 1.56. The van der Waals surface area contributed by atoms with E-state index in [1.54, 1.807) is 31.2 Å². The highest BCUT2D eigenvalue weighted by Gasteiger charge is 2.21. The van der Waals surface area contributed by atoms with Crippen molar-refractivity contribution >= 4 is 11.9 Å². The molecule has 0 bridgehead atoms. The van der Waals surface area contributed by atoms with Gasteiger partial charge in [-0.15, -0.1) is 0 Å². The smallest absolute Gasteiger partial charge is 0.342 e. The summed E-state index contributed by atoms with van der Waals surface area (Å²) >= 11 is 0. The van der Waals surface area contributed by atoms with Crippen molar-refractivity contribution in [2.24, 2.45) is 0 Å². The Bertz CT molecular complexity index is 848. The number of ether oxygens (including phenoxy) is 3. The number of esters is 1.